The molecule has 1 amide bonds. The van der Waals surface area contributed by atoms with Crippen LogP contribution in [0.15, 0.2) is 53.4 Å². The van der Waals surface area contributed by atoms with E-state index in [2.05, 4.69) is 5.32 Å². The van der Waals surface area contributed by atoms with Crippen LogP contribution in [0.4, 0.5) is 0 Å². The van der Waals surface area contributed by atoms with Crippen LogP contribution < -0.4 is 5.32 Å². The summed E-state index contributed by atoms with van der Waals surface area (Å²) in [6, 6.07) is 13.2. The van der Waals surface area contributed by atoms with Gasteiger partial charge in [-0.1, -0.05) is 73.2 Å². The zero-order valence-electron chi connectivity index (χ0n) is 16.7. The predicted octanol–water partition coefficient (Wildman–Crippen LogP) is 5.02. The number of amides is 1. The summed E-state index contributed by atoms with van der Waals surface area (Å²) in [7, 11) is -3.87. The Morgan fingerprint density at radius 3 is 2.27 bits per heavy atom. The number of nitrogens with one attached hydrogen (secondary N) is 1. The highest BCUT2D eigenvalue weighted by Crippen LogP contribution is 2.25. The van der Waals surface area contributed by atoms with Gasteiger partial charge in [-0.25, -0.2) is 8.42 Å². The summed E-state index contributed by atoms with van der Waals surface area (Å²) in [5.74, 6) is -0.290. The second kappa shape index (κ2) is 10.6. The number of rotatable bonds is 7. The molecule has 5 nitrogen and oxygen atoms in total. The maximum atomic E-state index is 13.3. The van der Waals surface area contributed by atoms with Crippen molar-refractivity contribution in [2.75, 3.05) is 6.54 Å². The van der Waals surface area contributed by atoms with Crippen molar-refractivity contribution >= 4 is 39.1 Å². The number of benzene rings is 2. The van der Waals surface area contributed by atoms with Crippen LogP contribution >= 0.6 is 23.2 Å². The van der Waals surface area contributed by atoms with Crippen LogP contribution in [0.25, 0.3) is 0 Å². The largest absolute Gasteiger partial charge is 0.352 e. The lowest BCUT2D eigenvalue weighted by Gasteiger charge is -2.24. The van der Waals surface area contributed by atoms with Crippen LogP contribution in [-0.2, 0) is 21.4 Å². The SMILES string of the molecule is O=C(CN(Cc1ccc(Cl)c(Cl)c1)S(=O)(=O)c1ccccc1)NC1CCCCCC1. The summed E-state index contributed by atoms with van der Waals surface area (Å²) >= 11 is 12.1. The van der Waals surface area contributed by atoms with Gasteiger partial charge in [0.15, 0.2) is 0 Å². The Kier molecular flexibility index (Phi) is 8.17. The van der Waals surface area contributed by atoms with Crippen molar-refractivity contribution < 1.29 is 13.2 Å². The Morgan fingerprint density at radius 2 is 1.63 bits per heavy atom. The Labute approximate surface area is 188 Å². The molecule has 0 unspecified atom stereocenters. The molecular formula is C22H26Cl2N2O3S. The Balaban J connectivity index is 1.81. The van der Waals surface area contributed by atoms with E-state index in [0.717, 1.165) is 25.7 Å². The van der Waals surface area contributed by atoms with Gasteiger partial charge < -0.3 is 5.32 Å². The molecule has 0 atom stereocenters. The first-order valence-corrected chi connectivity index (χ1v) is 12.3. The van der Waals surface area contributed by atoms with E-state index in [1.165, 1.54) is 29.3 Å². The third-order valence-corrected chi connectivity index (χ3v) is 7.81. The number of carbonyl (C=O) groups excluding carboxylic acids is 1. The van der Waals surface area contributed by atoms with Crippen molar-refractivity contribution in [2.45, 2.75) is 56.0 Å². The van der Waals surface area contributed by atoms with Gasteiger partial charge in [0, 0.05) is 12.6 Å². The first-order chi connectivity index (χ1) is 14.4. The molecule has 0 radical (unpaired) electrons. The molecule has 1 N–H and O–H groups in total. The molecule has 2 aromatic carbocycles. The van der Waals surface area contributed by atoms with Gasteiger partial charge in [0.2, 0.25) is 15.9 Å². The summed E-state index contributed by atoms with van der Waals surface area (Å²) < 4.78 is 27.7. The monoisotopic (exact) mass is 468 g/mol. The lowest BCUT2D eigenvalue weighted by Crippen LogP contribution is -2.43. The van der Waals surface area contributed by atoms with E-state index in [-0.39, 0.29) is 29.9 Å². The molecule has 0 aromatic heterocycles. The fraction of sp³-hybridized carbons (Fsp3) is 0.409. The third kappa shape index (κ3) is 6.20. The number of halogens is 2. The van der Waals surface area contributed by atoms with E-state index in [4.69, 9.17) is 23.2 Å². The molecule has 162 valence electrons. The summed E-state index contributed by atoms with van der Waals surface area (Å²) in [6.45, 7) is -0.236. The van der Waals surface area contributed by atoms with Gasteiger partial charge >= 0.3 is 0 Å². The normalized spacial score (nSPS) is 15.7. The van der Waals surface area contributed by atoms with Crippen LogP contribution in [0.1, 0.15) is 44.1 Å². The minimum absolute atomic E-state index is 0.0200. The molecule has 0 bridgehead atoms. The van der Waals surface area contributed by atoms with Crippen molar-refractivity contribution in [1.29, 1.82) is 0 Å². The maximum Gasteiger partial charge on any atom is 0.243 e. The molecule has 1 saturated carbocycles. The van der Waals surface area contributed by atoms with E-state index in [1.807, 2.05) is 0 Å². The van der Waals surface area contributed by atoms with Crippen molar-refractivity contribution in [1.82, 2.24) is 9.62 Å². The van der Waals surface area contributed by atoms with E-state index < -0.39 is 10.0 Å². The maximum absolute atomic E-state index is 13.3. The molecular weight excluding hydrogens is 443 g/mol. The molecule has 1 aliphatic rings. The fourth-order valence-corrected chi connectivity index (χ4v) is 5.39. The number of hydrogen-bond donors (Lipinski definition) is 1. The molecule has 1 aliphatic carbocycles. The topological polar surface area (TPSA) is 66.5 Å². The molecule has 8 heteroatoms. The molecule has 0 spiro atoms. The van der Waals surface area contributed by atoms with Gasteiger partial charge in [0.05, 0.1) is 21.5 Å². The minimum atomic E-state index is -3.87. The van der Waals surface area contributed by atoms with Gasteiger partial charge in [0.1, 0.15) is 0 Å². The molecule has 1 fully saturated rings. The van der Waals surface area contributed by atoms with Crippen LogP contribution in [0.3, 0.4) is 0 Å². The van der Waals surface area contributed by atoms with Crippen molar-refractivity contribution in [3.05, 3.63) is 64.1 Å². The molecule has 2 aromatic rings. The summed E-state index contributed by atoms with van der Waals surface area (Å²) in [5.41, 5.74) is 0.658. The molecule has 30 heavy (non-hydrogen) atoms. The van der Waals surface area contributed by atoms with Gasteiger partial charge in [-0.05, 0) is 42.7 Å². The second-order valence-corrected chi connectivity index (χ2v) is 10.3. The fourth-order valence-electron chi connectivity index (χ4n) is 3.67. The molecule has 0 aliphatic heterocycles. The predicted molar refractivity (Wildman–Crippen MR) is 120 cm³/mol. The lowest BCUT2D eigenvalue weighted by atomic mass is 10.1. The number of nitrogens with zero attached hydrogens (tertiary/aromatic N) is 1. The molecule has 0 heterocycles. The third-order valence-electron chi connectivity index (χ3n) is 5.26. The lowest BCUT2D eigenvalue weighted by molar-refractivity contribution is -0.122. The zero-order valence-corrected chi connectivity index (χ0v) is 19.0. The van der Waals surface area contributed by atoms with Crippen LogP contribution in [-0.4, -0.2) is 31.2 Å². The van der Waals surface area contributed by atoms with Crippen LogP contribution in [0.5, 0.6) is 0 Å². The Bertz CT molecular complexity index is 960. The van der Waals surface area contributed by atoms with Gasteiger partial charge in [-0.15, -0.1) is 0 Å². The van der Waals surface area contributed by atoms with E-state index in [1.54, 1.807) is 36.4 Å². The number of hydrogen-bond acceptors (Lipinski definition) is 3. The van der Waals surface area contributed by atoms with E-state index in [9.17, 15) is 13.2 Å². The van der Waals surface area contributed by atoms with Crippen molar-refractivity contribution in [3.8, 4) is 0 Å². The summed E-state index contributed by atoms with van der Waals surface area (Å²) in [4.78, 5) is 12.9. The highest BCUT2D eigenvalue weighted by atomic mass is 35.5. The van der Waals surface area contributed by atoms with Gasteiger partial charge in [-0.3, -0.25) is 4.79 Å². The van der Waals surface area contributed by atoms with E-state index >= 15 is 0 Å². The number of carbonyl (C=O) groups is 1. The molecule has 0 saturated heterocycles. The number of sulfonamides is 1. The zero-order chi connectivity index (χ0) is 21.6. The Hall–Kier alpha value is -1.60. The average molecular weight is 469 g/mol. The summed E-state index contributed by atoms with van der Waals surface area (Å²) in [6.07, 6.45) is 6.39. The minimum Gasteiger partial charge on any atom is -0.352 e. The summed E-state index contributed by atoms with van der Waals surface area (Å²) in [5, 5.41) is 3.76. The van der Waals surface area contributed by atoms with Crippen molar-refractivity contribution in [2.24, 2.45) is 0 Å². The highest BCUT2D eigenvalue weighted by molar-refractivity contribution is 7.89. The standard InChI is InChI=1S/C22H26Cl2N2O3S/c23-20-13-12-17(14-21(20)24)15-26(30(28,29)19-10-6-3-7-11-19)16-22(27)25-18-8-4-1-2-5-9-18/h3,6-7,10-14,18H,1-2,4-5,8-9,15-16H2,(H,25,27). The quantitative estimate of drug-likeness (QED) is 0.579. The average Bonchev–Trinajstić information content (AvgIpc) is 2.99. The Morgan fingerprint density at radius 1 is 0.967 bits per heavy atom. The first-order valence-electron chi connectivity index (χ1n) is 10.1. The van der Waals surface area contributed by atoms with Gasteiger partial charge in [-0.2, -0.15) is 4.31 Å². The van der Waals surface area contributed by atoms with Crippen LogP contribution in [0, 0.1) is 0 Å². The molecule has 3 rings (SSSR count). The van der Waals surface area contributed by atoms with Crippen LogP contribution in [0.2, 0.25) is 10.0 Å². The highest BCUT2D eigenvalue weighted by Gasteiger charge is 2.28. The van der Waals surface area contributed by atoms with Crippen molar-refractivity contribution in [3.63, 3.8) is 0 Å². The smallest absolute Gasteiger partial charge is 0.243 e. The van der Waals surface area contributed by atoms with E-state index in [0.29, 0.717) is 15.6 Å². The first kappa shape index (κ1) is 23.1. The second-order valence-electron chi connectivity index (χ2n) is 7.59. The van der Waals surface area contributed by atoms with Gasteiger partial charge in [0.25, 0.3) is 0 Å².